The van der Waals surface area contributed by atoms with Crippen LogP contribution in [0.1, 0.15) is 37.0 Å². The summed E-state index contributed by atoms with van der Waals surface area (Å²) in [4.78, 5) is 24.7. The number of fused-ring (bicyclic) bond motifs is 1. The predicted octanol–water partition coefficient (Wildman–Crippen LogP) is 3.19. The number of para-hydroxylation sites is 1. The molecular formula is C40H45N3O13. The molecule has 298 valence electrons. The van der Waals surface area contributed by atoms with E-state index in [0.29, 0.717) is 5.69 Å². The smallest absolute Gasteiger partial charge is 0.303 e. The van der Waals surface area contributed by atoms with E-state index in [1.807, 2.05) is 91.0 Å². The Balaban J connectivity index is 1.23. The van der Waals surface area contributed by atoms with Crippen LogP contribution in [-0.4, -0.2) is 114 Å². The number of carbonyl (C=O) groups excluding carboxylic acids is 2. The number of aliphatic hydroxyl groups is 1. The zero-order valence-electron chi connectivity index (χ0n) is 31.1. The molecule has 0 bridgehead atoms. The largest absolute Gasteiger partial charge is 0.463 e. The highest BCUT2D eigenvalue weighted by atomic mass is 16.8. The minimum Gasteiger partial charge on any atom is -0.463 e. The number of ether oxygens (including phenoxy) is 10. The molecule has 3 aliphatic heterocycles. The summed E-state index contributed by atoms with van der Waals surface area (Å²) in [7, 11) is 1.40. The number of rotatable bonds is 14. The van der Waals surface area contributed by atoms with Crippen molar-refractivity contribution in [3.05, 3.63) is 114 Å². The van der Waals surface area contributed by atoms with Gasteiger partial charge in [-0.1, -0.05) is 84.1 Å². The van der Waals surface area contributed by atoms with E-state index in [0.717, 1.165) is 16.8 Å². The Kier molecular flexibility index (Phi) is 13.1. The number of benzene rings is 3. The van der Waals surface area contributed by atoms with Gasteiger partial charge < -0.3 is 52.5 Å². The summed E-state index contributed by atoms with van der Waals surface area (Å²) >= 11 is 0. The summed E-state index contributed by atoms with van der Waals surface area (Å²) in [6.07, 6.45) is -10.1. The number of hydrogen-bond acceptors (Lipinski definition) is 15. The minimum absolute atomic E-state index is 0.0792. The molecule has 0 saturated carbocycles. The van der Waals surface area contributed by atoms with Crippen LogP contribution in [0.4, 0.5) is 0 Å². The molecule has 16 nitrogen and oxygen atoms in total. The molecule has 1 N–H and O–H groups in total. The molecular weight excluding hydrogens is 730 g/mol. The minimum atomic E-state index is -1.38. The monoisotopic (exact) mass is 775 g/mol. The van der Waals surface area contributed by atoms with Crippen molar-refractivity contribution in [1.29, 1.82) is 0 Å². The lowest BCUT2D eigenvalue weighted by molar-refractivity contribution is -0.394. The number of methoxy groups -OCH3 is 1. The third kappa shape index (κ3) is 9.49. The summed E-state index contributed by atoms with van der Waals surface area (Å²) in [5.41, 5.74) is 2.84. The summed E-state index contributed by atoms with van der Waals surface area (Å²) in [6.45, 7) is 2.27. The Morgan fingerprint density at radius 1 is 0.804 bits per heavy atom. The van der Waals surface area contributed by atoms with Gasteiger partial charge in [-0.2, -0.15) is 0 Å². The number of aromatic nitrogens is 3. The van der Waals surface area contributed by atoms with Gasteiger partial charge in [0.25, 0.3) is 0 Å². The van der Waals surface area contributed by atoms with E-state index in [4.69, 9.17) is 47.4 Å². The second-order valence-corrected chi connectivity index (χ2v) is 13.5. The predicted molar refractivity (Wildman–Crippen MR) is 192 cm³/mol. The Bertz CT molecular complexity index is 1850. The number of nitrogens with zero attached hydrogens (tertiary/aromatic N) is 3. The molecule has 3 fully saturated rings. The molecule has 16 heteroatoms. The van der Waals surface area contributed by atoms with Crippen LogP contribution in [0, 0.1) is 0 Å². The quantitative estimate of drug-likeness (QED) is 0.185. The van der Waals surface area contributed by atoms with Gasteiger partial charge in [-0.15, -0.1) is 5.10 Å². The maximum absolute atomic E-state index is 12.6. The lowest BCUT2D eigenvalue weighted by atomic mass is 9.95. The molecule has 1 aromatic heterocycles. The molecule has 7 rings (SSSR count). The first-order valence-electron chi connectivity index (χ1n) is 18.3. The fourth-order valence-electron chi connectivity index (χ4n) is 6.89. The first-order chi connectivity index (χ1) is 27.3. The van der Waals surface area contributed by atoms with Crippen molar-refractivity contribution in [2.24, 2.45) is 0 Å². The van der Waals surface area contributed by atoms with Crippen LogP contribution in [0.5, 0.6) is 0 Å². The molecule has 3 saturated heterocycles. The van der Waals surface area contributed by atoms with Crippen LogP contribution < -0.4 is 0 Å². The molecule has 1 unspecified atom stereocenters. The molecule has 0 radical (unpaired) electrons. The molecule has 3 aliphatic rings. The molecule has 4 aromatic rings. The van der Waals surface area contributed by atoms with Crippen LogP contribution in [0.2, 0.25) is 0 Å². The first-order valence-corrected chi connectivity index (χ1v) is 18.3. The van der Waals surface area contributed by atoms with Crippen LogP contribution in [0.25, 0.3) is 5.69 Å². The van der Waals surface area contributed by atoms with Crippen molar-refractivity contribution in [3.8, 4) is 5.69 Å². The fraction of sp³-hybridized carbons (Fsp3) is 0.450. The summed E-state index contributed by atoms with van der Waals surface area (Å²) in [5.74, 6) is -1.21. The lowest BCUT2D eigenvalue weighted by Gasteiger charge is -2.50. The van der Waals surface area contributed by atoms with Crippen molar-refractivity contribution < 1.29 is 62.1 Å². The van der Waals surface area contributed by atoms with Crippen molar-refractivity contribution in [2.45, 2.75) is 94.8 Å². The highest BCUT2D eigenvalue weighted by molar-refractivity contribution is 5.66. The van der Waals surface area contributed by atoms with E-state index in [2.05, 4.69) is 10.3 Å². The normalized spacial score (nSPS) is 30.2. The first kappa shape index (κ1) is 39.6. The Morgan fingerprint density at radius 3 is 2.20 bits per heavy atom. The highest BCUT2D eigenvalue weighted by Crippen LogP contribution is 2.38. The zero-order valence-corrected chi connectivity index (χ0v) is 31.1. The molecule has 3 aromatic carbocycles. The van der Waals surface area contributed by atoms with E-state index < -0.39 is 79.6 Å². The lowest BCUT2D eigenvalue weighted by Crippen LogP contribution is -2.67. The van der Waals surface area contributed by atoms with Gasteiger partial charge in [0.1, 0.15) is 55.0 Å². The van der Waals surface area contributed by atoms with Gasteiger partial charge >= 0.3 is 11.9 Å². The fourth-order valence-corrected chi connectivity index (χ4v) is 6.89. The summed E-state index contributed by atoms with van der Waals surface area (Å²) in [5, 5.41) is 20.3. The Hall–Kier alpha value is -4.62. The van der Waals surface area contributed by atoms with Gasteiger partial charge in [0, 0.05) is 26.5 Å². The van der Waals surface area contributed by atoms with E-state index in [-0.39, 0.29) is 26.4 Å². The van der Waals surface area contributed by atoms with E-state index in [1.165, 1.54) is 21.0 Å². The van der Waals surface area contributed by atoms with Crippen molar-refractivity contribution in [2.75, 3.05) is 20.3 Å². The van der Waals surface area contributed by atoms with Crippen molar-refractivity contribution in [3.63, 3.8) is 0 Å². The maximum Gasteiger partial charge on any atom is 0.303 e. The van der Waals surface area contributed by atoms with Crippen molar-refractivity contribution >= 4 is 11.9 Å². The third-order valence-corrected chi connectivity index (χ3v) is 9.52. The third-order valence-electron chi connectivity index (χ3n) is 9.52. The second kappa shape index (κ2) is 18.5. The standard InChI is InChI=1S/C40H45N3O13/c1-24(44)48-22-30-34(52-25(2)45)36(49-20-26-13-7-4-8-14-26)37(50-21-28-19-43(42-41-28)29-17-11-6-12-18-29)40(54-30)56-35-32(46)39(47-3)53-31-23-51-38(55-33(31)35)27-15-9-5-10-16-27/h4-19,30-40,46H,20-23H2,1-3H3/t30-,31-,32-,33-,34-,35-,36+,37-,38?,39+,40-/m1/s1. The Morgan fingerprint density at radius 2 is 1.50 bits per heavy atom. The van der Waals surface area contributed by atoms with Crippen LogP contribution in [0.15, 0.2) is 97.2 Å². The van der Waals surface area contributed by atoms with E-state index in [9.17, 15) is 14.7 Å². The van der Waals surface area contributed by atoms with Gasteiger partial charge in [0.2, 0.25) is 0 Å². The maximum atomic E-state index is 12.6. The SMILES string of the molecule is CO[C@H]1O[C@@H]2COC(c3ccccc3)O[C@H]2[C@H](O[C@H]2O[C@H](COC(C)=O)[C@@H](OC(C)=O)[C@H](OCc3ccccc3)[C@H]2OCc2cn(-c3ccccc3)nn2)[C@H]1O. The molecule has 56 heavy (non-hydrogen) atoms. The molecule has 0 amide bonds. The van der Waals surface area contributed by atoms with Gasteiger partial charge in [-0.3, -0.25) is 9.59 Å². The highest BCUT2D eigenvalue weighted by Gasteiger charge is 2.56. The van der Waals surface area contributed by atoms with Crippen molar-refractivity contribution in [1.82, 2.24) is 15.0 Å². The number of hydrogen-bond donors (Lipinski definition) is 1. The van der Waals surface area contributed by atoms with Gasteiger partial charge in [-0.05, 0) is 17.7 Å². The van der Waals surface area contributed by atoms with Crippen LogP contribution in [0.3, 0.4) is 0 Å². The van der Waals surface area contributed by atoms with E-state index in [1.54, 1.807) is 10.9 Å². The number of carbonyl (C=O) groups is 2. The molecule has 0 aliphatic carbocycles. The van der Waals surface area contributed by atoms with Gasteiger partial charge in [-0.25, -0.2) is 4.68 Å². The van der Waals surface area contributed by atoms with E-state index >= 15 is 0 Å². The second-order valence-electron chi connectivity index (χ2n) is 13.5. The van der Waals surface area contributed by atoms with Gasteiger partial charge in [0.05, 0.1) is 31.7 Å². The van der Waals surface area contributed by atoms with Crippen LogP contribution >= 0.6 is 0 Å². The molecule has 4 heterocycles. The average molecular weight is 776 g/mol. The summed E-state index contributed by atoms with van der Waals surface area (Å²) < 4.78 is 63.3. The molecule has 11 atom stereocenters. The summed E-state index contributed by atoms with van der Waals surface area (Å²) in [6, 6.07) is 28.2. The molecule has 0 spiro atoms. The van der Waals surface area contributed by atoms with Gasteiger partial charge in [0.15, 0.2) is 25.0 Å². The Labute approximate surface area is 323 Å². The topological polar surface area (TPSA) is 177 Å². The average Bonchev–Trinajstić information content (AvgIpc) is 3.70. The number of esters is 2. The number of aliphatic hydroxyl groups excluding tert-OH is 1. The van der Waals surface area contributed by atoms with Crippen LogP contribution in [-0.2, 0) is 70.2 Å². The zero-order chi connectivity index (χ0) is 39.0.